The van der Waals surface area contributed by atoms with Gasteiger partial charge in [0, 0.05) is 13.1 Å². The average molecular weight is 448 g/mol. The van der Waals surface area contributed by atoms with E-state index in [1.165, 1.54) is 18.2 Å². The number of rotatable bonds is 8. The number of nitro groups is 1. The van der Waals surface area contributed by atoms with Gasteiger partial charge in [0.05, 0.1) is 15.7 Å². The van der Waals surface area contributed by atoms with E-state index >= 15 is 0 Å². The third-order valence-corrected chi connectivity index (χ3v) is 5.41. The summed E-state index contributed by atoms with van der Waals surface area (Å²) in [7, 11) is 1.77. The fourth-order valence-corrected chi connectivity index (χ4v) is 3.54. The Hall–Kier alpha value is -3.11. The van der Waals surface area contributed by atoms with Crippen LogP contribution in [0, 0.1) is 10.1 Å². The molecule has 11 heteroatoms. The molecule has 9 nitrogen and oxygen atoms in total. The van der Waals surface area contributed by atoms with Crippen LogP contribution < -0.4 is 10.1 Å². The number of hydrogen-bond donors (Lipinski definition) is 1. The molecule has 1 N–H and O–H groups in total. The van der Waals surface area contributed by atoms with E-state index < -0.39 is 11.0 Å². The molecule has 0 unspecified atom stereocenters. The quantitative estimate of drug-likeness (QED) is 0.312. The molecule has 1 aromatic heterocycles. The smallest absolute Gasteiger partial charge is 0.292 e. The number of aromatic nitrogens is 3. The van der Waals surface area contributed by atoms with Crippen LogP contribution in [0.3, 0.4) is 0 Å². The van der Waals surface area contributed by atoms with Crippen molar-refractivity contribution in [2.45, 2.75) is 18.2 Å². The molecule has 0 aliphatic rings. The number of amides is 1. The van der Waals surface area contributed by atoms with Crippen LogP contribution in [0.15, 0.2) is 53.7 Å². The Labute approximate surface area is 181 Å². The van der Waals surface area contributed by atoms with Gasteiger partial charge in [0.1, 0.15) is 11.4 Å². The first kappa shape index (κ1) is 21.6. The lowest BCUT2D eigenvalue weighted by Gasteiger charge is -2.15. The highest BCUT2D eigenvalue weighted by atomic mass is 35.5. The maximum absolute atomic E-state index is 12.2. The Kier molecular flexibility index (Phi) is 6.91. The standard InChI is InChI=1S/C19H18ClN5O4S/c1-12(29-16-10-6-3-7-13(16)20)18-22-23-19(24(18)2)30-11-17(26)21-14-8-4-5-9-15(14)25(27)28/h3-10,12H,11H2,1-2H3,(H,21,26)/t12-/m1/s1. The predicted molar refractivity (Wildman–Crippen MR) is 114 cm³/mol. The monoisotopic (exact) mass is 447 g/mol. The molecule has 3 aromatic rings. The van der Waals surface area contributed by atoms with Crippen molar-refractivity contribution in [1.29, 1.82) is 0 Å². The summed E-state index contributed by atoms with van der Waals surface area (Å²) >= 11 is 7.29. The van der Waals surface area contributed by atoms with Crippen molar-refractivity contribution in [3.8, 4) is 5.75 Å². The third-order valence-electron chi connectivity index (χ3n) is 4.08. The summed E-state index contributed by atoms with van der Waals surface area (Å²) in [5.74, 6) is 0.723. The molecule has 156 valence electrons. The van der Waals surface area contributed by atoms with Crippen molar-refractivity contribution < 1.29 is 14.5 Å². The van der Waals surface area contributed by atoms with Gasteiger partial charge in [-0.25, -0.2) is 0 Å². The highest BCUT2D eigenvalue weighted by Gasteiger charge is 2.20. The maximum atomic E-state index is 12.2. The largest absolute Gasteiger partial charge is 0.481 e. The number of nitro benzene ring substituents is 1. The Morgan fingerprint density at radius 3 is 2.70 bits per heavy atom. The molecule has 0 saturated heterocycles. The van der Waals surface area contributed by atoms with Crippen LogP contribution in [0.25, 0.3) is 0 Å². The van der Waals surface area contributed by atoms with Gasteiger partial charge in [-0.3, -0.25) is 14.9 Å². The lowest BCUT2D eigenvalue weighted by molar-refractivity contribution is -0.383. The molecular formula is C19H18ClN5O4S. The second-order valence-electron chi connectivity index (χ2n) is 6.20. The molecule has 0 saturated carbocycles. The zero-order valence-electron chi connectivity index (χ0n) is 16.1. The summed E-state index contributed by atoms with van der Waals surface area (Å²) in [6.45, 7) is 1.82. The fraction of sp³-hybridized carbons (Fsp3) is 0.211. The van der Waals surface area contributed by atoms with Gasteiger partial charge < -0.3 is 14.6 Å². The van der Waals surface area contributed by atoms with Crippen LogP contribution in [0.5, 0.6) is 5.75 Å². The normalized spacial score (nSPS) is 11.7. The van der Waals surface area contributed by atoms with E-state index in [1.807, 2.05) is 19.1 Å². The van der Waals surface area contributed by atoms with Crippen molar-refractivity contribution >= 4 is 40.6 Å². The first-order chi connectivity index (χ1) is 14.4. The first-order valence-corrected chi connectivity index (χ1v) is 10.2. The van der Waals surface area contributed by atoms with Crippen LogP contribution in [0.2, 0.25) is 5.02 Å². The molecule has 1 heterocycles. The summed E-state index contributed by atoms with van der Waals surface area (Å²) in [5, 5.41) is 22.9. The molecule has 0 spiro atoms. The lowest BCUT2D eigenvalue weighted by Crippen LogP contribution is -2.15. The van der Waals surface area contributed by atoms with Crippen molar-refractivity contribution in [1.82, 2.24) is 14.8 Å². The van der Waals surface area contributed by atoms with Gasteiger partial charge in [0.2, 0.25) is 5.91 Å². The van der Waals surface area contributed by atoms with Crippen molar-refractivity contribution in [2.75, 3.05) is 11.1 Å². The summed E-state index contributed by atoms with van der Waals surface area (Å²) in [6.07, 6.45) is -0.419. The number of benzene rings is 2. The number of nitrogens with one attached hydrogen (secondary N) is 1. The average Bonchev–Trinajstić information content (AvgIpc) is 3.09. The van der Waals surface area contributed by atoms with E-state index in [9.17, 15) is 14.9 Å². The molecule has 1 amide bonds. The number of thioether (sulfide) groups is 1. The van der Waals surface area contributed by atoms with Crippen LogP contribution in [0.4, 0.5) is 11.4 Å². The van der Waals surface area contributed by atoms with Gasteiger partial charge in [-0.15, -0.1) is 10.2 Å². The second-order valence-corrected chi connectivity index (χ2v) is 7.55. The highest BCUT2D eigenvalue weighted by molar-refractivity contribution is 7.99. The van der Waals surface area contributed by atoms with E-state index in [1.54, 1.807) is 29.8 Å². The maximum Gasteiger partial charge on any atom is 0.292 e. The summed E-state index contributed by atoms with van der Waals surface area (Å²) in [6, 6.07) is 13.1. The molecule has 0 bridgehead atoms. The zero-order valence-corrected chi connectivity index (χ0v) is 17.7. The van der Waals surface area contributed by atoms with Gasteiger partial charge >= 0.3 is 0 Å². The van der Waals surface area contributed by atoms with Gasteiger partial charge in [0.25, 0.3) is 5.69 Å². The summed E-state index contributed by atoms with van der Waals surface area (Å²) < 4.78 is 7.58. The first-order valence-electron chi connectivity index (χ1n) is 8.83. The lowest BCUT2D eigenvalue weighted by atomic mass is 10.2. The minimum Gasteiger partial charge on any atom is -0.481 e. The highest BCUT2D eigenvalue weighted by Crippen LogP contribution is 2.29. The zero-order chi connectivity index (χ0) is 21.7. The topological polar surface area (TPSA) is 112 Å². The van der Waals surface area contributed by atoms with Crippen molar-refractivity contribution in [2.24, 2.45) is 7.05 Å². The van der Waals surface area contributed by atoms with E-state index in [4.69, 9.17) is 16.3 Å². The molecule has 0 aliphatic carbocycles. The van der Waals surface area contributed by atoms with Gasteiger partial charge in [0.15, 0.2) is 17.1 Å². The Morgan fingerprint density at radius 1 is 1.27 bits per heavy atom. The van der Waals surface area contributed by atoms with Crippen LogP contribution in [-0.2, 0) is 11.8 Å². The molecular weight excluding hydrogens is 430 g/mol. The number of nitrogens with zero attached hydrogens (tertiary/aromatic N) is 4. The second kappa shape index (κ2) is 9.59. The molecule has 1 atom stereocenters. The number of anilines is 1. The summed E-state index contributed by atoms with van der Waals surface area (Å²) in [5.41, 5.74) is -0.0177. The molecule has 0 radical (unpaired) electrons. The molecule has 2 aromatic carbocycles. The fourth-order valence-electron chi connectivity index (χ4n) is 2.64. The SMILES string of the molecule is C[C@@H](Oc1ccccc1Cl)c1nnc(SCC(=O)Nc2ccccc2[N+](=O)[O-])n1C. The van der Waals surface area contributed by atoms with E-state index in [2.05, 4.69) is 15.5 Å². The number of carbonyl (C=O) groups is 1. The van der Waals surface area contributed by atoms with Gasteiger partial charge in [-0.2, -0.15) is 0 Å². The number of hydrogen-bond acceptors (Lipinski definition) is 7. The van der Waals surface area contributed by atoms with Crippen molar-refractivity contribution in [3.63, 3.8) is 0 Å². The van der Waals surface area contributed by atoms with E-state index in [0.29, 0.717) is 21.8 Å². The minimum atomic E-state index is -0.544. The van der Waals surface area contributed by atoms with Gasteiger partial charge in [-0.1, -0.05) is 47.6 Å². The number of halogens is 1. The van der Waals surface area contributed by atoms with Gasteiger partial charge in [-0.05, 0) is 25.1 Å². The number of para-hydroxylation sites is 3. The van der Waals surface area contributed by atoms with Crippen LogP contribution in [-0.4, -0.2) is 31.3 Å². The third kappa shape index (κ3) is 5.08. The molecule has 3 rings (SSSR count). The predicted octanol–water partition coefficient (Wildman–Crippen LogP) is 4.25. The van der Waals surface area contributed by atoms with Crippen molar-refractivity contribution in [3.05, 3.63) is 69.5 Å². The Bertz CT molecular complexity index is 1070. The minimum absolute atomic E-state index is 0.0117. The number of carbonyl (C=O) groups excluding carboxylic acids is 1. The Balaban J connectivity index is 1.62. The molecule has 30 heavy (non-hydrogen) atoms. The van der Waals surface area contributed by atoms with E-state index in [0.717, 1.165) is 11.8 Å². The number of ether oxygens (including phenoxy) is 1. The van der Waals surface area contributed by atoms with Crippen LogP contribution in [0.1, 0.15) is 18.9 Å². The van der Waals surface area contributed by atoms with E-state index in [-0.39, 0.29) is 23.0 Å². The molecule has 0 aliphatic heterocycles. The molecule has 0 fully saturated rings. The summed E-state index contributed by atoms with van der Waals surface area (Å²) in [4.78, 5) is 22.7. The van der Waals surface area contributed by atoms with Crippen LogP contribution >= 0.6 is 23.4 Å². The Morgan fingerprint density at radius 2 is 1.97 bits per heavy atom.